The molecule has 0 spiro atoms. The van der Waals surface area contributed by atoms with E-state index in [9.17, 15) is 0 Å². The largest absolute Gasteiger partial charge is 0.464 e. The Bertz CT molecular complexity index is 272. The van der Waals surface area contributed by atoms with Gasteiger partial charge in [0.05, 0.1) is 19.0 Å². The van der Waals surface area contributed by atoms with Gasteiger partial charge in [-0.25, -0.2) is 0 Å². The van der Waals surface area contributed by atoms with Crippen LogP contribution in [0.1, 0.15) is 12.7 Å². The molecule has 2 N–H and O–H groups in total. The Balaban J connectivity index is 2.15. The monoisotopic (exact) mass is 183 g/mol. The molecule has 2 unspecified atom stereocenters. The van der Waals surface area contributed by atoms with E-state index in [0.717, 1.165) is 0 Å². The summed E-state index contributed by atoms with van der Waals surface area (Å²) in [7, 11) is 0. The van der Waals surface area contributed by atoms with Gasteiger partial charge in [0, 0.05) is 6.54 Å². The molecular weight excluding hydrogens is 170 g/mol. The molecule has 4 heteroatoms. The number of hydrogen-bond donors (Lipinski definition) is 1. The molecule has 4 nitrogen and oxygen atoms in total. The normalized spacial score (nSPS) is 33.8. The second-order valence-corrected chi connectivity index (χ2v) is 3.21. The van der Waals surface area contributed by atoms with Crippen molar-refractivity contribution in [2.45, 2.75) is 18.8 Å². The summed E-state index contributed by atoms with van der Waals surface area (Å²) in [6.45, 7) is 2.82. The van der Waals surface area contributed by atoms with E-state index in [1.54, 1.807) is 6.26 Å². The van der Waals surface area contributed by atoms with Crippen LogP contribution in [0.2, 0.25) is 0 Å². The van der Waals surface area contributed by atoms with Crippen molar-refractivity contribution >= 4 is 0 Å². The lowest BCUT2D eigenvalue weighted by molar-refractivity contribution is -0.173. The van der Waals surface area contributed by atoms with Gasteiger partial charge in [0.25, 0.3) is 0 Å². The Hall–Kier alpha value is -0.840. The van der Waals surface area contributed by atoms with Gasteiger partial charge in [0.15, 0.2) is 5.76 Å². The highest BCUT2D eigenvalue weighted by atomic mass is 16.8. The Kier molecular flexibility index (Phi) is 2.11. The number of ether oxygens (including phenoxy) is 2. The Morgan fingerprint density at radius 1 is 1.69 bits per heavy atom. The minimum atomic E-state index is -0.756. The quantitative estimate of drug-likeness (QED) is 0.737. The summed E-state index contributed by atoms with van der Waals surface area (Å²) in [5.41, 5.74) is 5.47. The highest BCUT2D eigenvalue weighted by Crippen LogP contribution is 2.33. The molecule has 0 bridgehead atoms. The Labute approximate surface area is 76.6 Å². The molecule has 13 heavy (non-hydrogen) atoms. The summed E-state index contributed by atoms with van der Waals surface area (Å²) in [5, 5.41) is 0. The van der Waals surface area contributed by atoms with E-state index in [1.807, 2.05) is 19.1 Å². The van der Waals surface area contributed by atoms with E-state index < -0.39 is 5.79 Å². The third kappa shape index (κ3) is 1.48. The standard InChI is InChI=1S/C9H13NO3/c1-9(8-3-2-4-11-8)12-6-7(5-10)13-9/h2-4,7H,5-6,10H2,1H3. The van der Waals surface area contributed by atoms with Gasteiger partial charge in [0.1, 0.15) is 0 Å². The minimum Gasteiger partial charge on any atom is -0.464 e. The van der Waals surface area contributed by atoms with Gasteiger partial charge in [0.2, 0.25) is 5.79 Å². The van der Waals surface area contributed by atoms with Crippen molar-refractivity contribution in [3.05, 3.63) is 24.2 Å². The molecule has 0 amide bonds. The van der Waals surface area contributed by atoms with Crippen molar-refractivity contribution in [2.75, 3.05) is 13.2 Å². The number of furan rings is 1. The van der Waals surface area contributed by atoms with Gasteiger partial charge >= 0.3 is 0 Å². The fourth-order valence-electron chi connectivity index (χ4n) is 1.42. The van der Waals surface area contributed by atoms with Crippen molar-refractivity contribution in [1.29, 1.82) is 0 Å². The van der Waals surface area contributed by atoms with Crippen LogP contribution in [-0.2, 0) is 15.3 Å². The summed E-state index contributed by atoms with van der Waals surface area (Å²) in [6, 6.07) is 3.64. The molecule has 0 aromatic carbocycles. The predicted molar refractivity (Wildman–Crippen MR) is 45.9 cm³/mol. The first-order chi connectivity index (χ1) is 6.24. The first-order valence-electron chi connectivity index (χ1n) is 4.30. The second kappa shape index (κ2) is 3.14. The first kappa shape index (κ1) is 8.74. The van der Waals surface area contributed by atoms with Crippen molar-refractivity contribution in [2.24, 2.45) is 5.73 Å². The van der Waals surface area contributed by atoms with Crippen molar-refractivity contribution in [1.82, 2.24) is 0 Å². The molecule has 2 rings (SSSR count). The summed E-state index contributed by atoms with van der Waals surface area (Å²) in [4.78, 5) is 0. The van der Waals surface area contributed by atoms with E-state index in [1.165, 1.54) is 0 Å². The van der Waals surface area contributed by atoms with E-state index in [4.69, 9.17) is 19.6 Å². The van der Waals surface area contributed by atoms with Crippen LogP contribution in [0, 0.1) is 0 Å². The van der Waals surface area contributed by atoms with Gasteiger partial charge in [-0.3, -0.25) is 0 Å². The average Bonchev–Trinajstić information content (AvgIpc) is 2.72. The summed E-state index contributed by atoms with van der Waals surface area (Å²) < 4.78 is 16.3. The zero-order valence-electron chi connectivity index (χ0n) is 7.53. The molecule has 0 saturated carbocycles. The van der Waals surface area contributed by atoms with E-state index >= 15 is 0 Å². The van der Waals surface area contributed by atoms with Crippen LogP contribution >= 0.6 is 0 Å². The lowest BCUT2D eigenvalue weighted by atomic mass is 10.2. The van der Waals surface area contributed by atoms with E-state index in [2.05, 4.69) is 0 Å². The lowest BCUT2D eigenvalue weighted by Gasteiger charge is -2.20. The second-order valence-electron chi connectivity index (χ2n) is 3.21. The fraction of sp³-hybridized carbons (Fsp3) is 0.556. The van der Waals surface area contributed by atoms with Crippen LogP contribution in [-0.4, -0.2) is 19.3 Å². The first-order valence-corrected chi connectivity index (χ1v) is 4.30. The zero-order valence-corrected chi connectivity index (χ0v) is 7.53. The molecule has 72 valence electrons. The van der Waals surface area contributed by atoms with Crippen LogP contribution in [0.3, 0.4) is 0 Å². The minimum absolute atomic E-state index is 0.0323. The molecule has 1 aromatic rings. The number of hydrogen-bond acceptors (Lipinski definition) is 4. The summed E-state index contributed by atoms with van der Waals surface area (Å²) in [6.07, 6.45) is 1.57. The number of rotatable bonds is 2. The van der Waals surface area contributed by atoms with Gasteiger partial charge in [-0.15, -0.1) is 0 Å². The highest BCUT2D eigenvalue weighted by Gasteiger charge is 2.40. The lowest BCUT2D eigenvalue weighted by Crippen LogP contribution is -2.26. The zero-order chi connectivity index (χ0) is 9.31. The maximum atomic E-state index is 5.60. The maximum Gasteiger partial charge on any atom is 0.225 e. The summed E-state index contributed by atoms with van der Waals surface area (Å²) in [5.74, 6) is -0.0727. The van der Waals surface area contributed by atoms with Crippen LogP contribution in [0.15, 0.2) is 22.8 Å². The highest BCUT2D eigenvalue weighted by molar-refractivity contribution is 5.06. The van der Waals surface area contributed by atoms with Crippen molar-refractivity contribution in [3.63, 3.8) is 0 Å². The van der Waals surface area contributed by atoms with Crippen molar-refractivity contribution < 1.29 is 13.9 Å². The third-order valence-electron chi connectivity index (χ3n) is 2.17. The molecule has 0 aliphatic carbocycles. The fourth-order valence-corrected chi connectivity index (χ4v) is 1.42. The molecular formula is C9H13NO3. The Morgan fingerprint density at radius 3 is 3.08 bits per heavy atom. The summed E-state index contributed by atoms with van der Waals surface area (Å²) >= 11 is 0. The molecule has 1 aromatic heterocycles. The van der Waals surface area contributed by atoms with Crippen LogP contribution in [0.5, 0.6) is 0 Å². The predicted octanol–water partition coefficient (Wildman–Crippen LogP) is 0.826. The van der Waals surface area contributed by atoms with Crippen molar-refractivity contribution in [3.8, 4) is 0 Å². The van der Waals surface area contributed by atoms with Gasteiger partial charge in [-0.2, -0.15) is 0 Å². The van der Waals surface area contributed by atoms with Crippen LogP contribution in [0.4, 0.5) is 0 Å². The van der Waals surface area contributed by atoms with Gasteiger partial charge in [-0.1, -0.05) is 0 Å². The molecule has 2 heterocycles. The van der Waals surface area contributed by atoms with Crippen LogP contribution in [0.25, 0.3) is 0 Å². The molecule has 1 aliphatic heterocycles. The third-order valence-corrected chi connectivity index (χ3v) is 2.17. The Morgan fingerprint density at radius 2 is 2.54 bits per heavy atom. The molecule has 2 atom stereocenters. The molecule has 1 aliphatic rings. The SMILES string of the molecule is CC1(c2ccco2)OCC(CN)O1. The van der Waals surface area contributed by atoms with Gasteiger partial charge < -0.3 is 19.6 Å². The molecule has 1 fully saturated rings. The molecule has 1 saturated heterocycles. The van der Waals surface area contributed by atoms with E-state index in [-0.39, 0.29) is 6.10 Å². The van der Waals surface area contributed by atoms with Gasteiger partial charge in [-0.05, 0) is 19.1 Å². The molecule has 0 radical (unpaired) electrons. The topological polar surface area (TPSA) is 57.6 Å². The smallest absolute Gasteiger partial charge is 0.225 e. The van der Waals surface area contributed by atoms with Crippen LogP contribution < -0.4 is 5.73 Å². The average molecular weight is 183 g/mol. The maximum absolute atomic E-state index is 5.60. The number of nitrogens with two attached hydrogens (primary N) is 1. The van der Waals surface area contributed by atoms with E-state index in [0.29, 0.717) is 18.9 Å².